The Labute approximate surface area is 111 Å². The van der Waals surface area contributed by atoms with Crippen molar-refractivity contribution in [1.29, 1.82) is 0 Å². The minimum atomic E-state index is -0.495. The van der Waals surface area contributed by atoms with Gasteiger partial charge in [0.2, 0.25) is 0 Å². The van der Waals surface area contributed by atoms with E-state index in [0.29, 0.717) is 24.7 Å². The maximum Gasteiger partial charge on any atom is 0.407 e. The van der Waals surface area contributed by atoms with Crippen LogP contribution in [0.1, 0.15) is 25.4 Å². The summed E-state index contributed by atoms with van der Waals surface area (Å²) in [6.07, 6.45) is -0.991. The summed E-state index contributed by atoms with van der Waals surface area (Å²) in [5, 5.41) is 5.06. The van der Waals surface area contributed by atoms with Crippen LogP contribution in [-0.2, 0) is 22.6 Å². The van der Waals surface area contributed by atoms with Crippen LogP contribution in [0.5, 0.6) is 0 Å². The monoisotopic (exact) mass is 270 g/mol. The molecular weight excluding hydrogens is 252 g/mol. The molecular formula is C12H18N2O5. The van der Waals surface area contributed by atoms with Gasteiger partial charge in [-0.2, -0.15) is 0 Å². The summed E-state index contributed by atoms with van der Waals surface area (Å²) in [4.78, 5) is 22.1. The Morgan fingerprint density at radius 2 is 1.42 bits per heavy atom. The molecule has 106 valence electrons. The molecule has 0 aliphatic rings. The first-order valence-electron chi connectivity index (χ1n) is 6.04. The predicted molar refractivity (Wildman–Crippen MR) is 66.4 cm³/mol. The fourth-order valence-electron chi connectivity index (χ4n) is 1.30. The lowest BCUT2D eigenvalue weighted by Crippen LogP contribution is -2.24. The van der Waals surface area contributed by atoms with E-state index in [4.69, 9.17) is 13.9 Å². The summed E-state index contributed by atoms with van der Waals surface area (Å²) in [5.41, 5.74) is 0. The minimum absolute atomic E-state index is 0.234. The number of hydrogen-bond acceptors (Lipinski definition) is 5. The van der Waals surface area contributed by atoms with Gasteiger partial charge in [0.15, 0.2) is 0 Å². The molecule has 0 unspecified atom stereocenters. The van der Waals surface area contributed by atoms with Crippen molar-refractivity contribution in [3.63, 3.8) is 0 Å². The van der Waals surface area contributed by atoms with Crippen molar-refractivity contribution >= 4 is 12.2 Å². The SMILES string of the molecule is CCOC(=O)NCc1ccc(CNC(=O)OCC)o1. The van der Waals surface area contributed by atoms with Gasteiger partial charge in [0.05, 0.1) is 26.3 Å². The summed E-state index contributed by atoms with van der Waals surface area (Å²) in [5.74, 6) is 1.16. The lowest BCUT2D eigenvalue weighted by atomic mass is 10.4. The fourth-order valence-corrected chi connectivity index (χ4v) is 1.30. The van der Waals surface area contributed by atoms with Crippen molar-refractivity contribution in [2.75, 3.05) is 13.2 Å². The summed E-state index contributed by atoms with van der Waals surface area (Å²) < 4.78 is 14.8. The number of alkyl carbamates (subject to hydrolysis) is 2. The standard InChI is InChI=1S/C12H18N2O5/c1-3-17-11(15)13-7-9-5-6-10(19-9)8-14-12(16)18-4-2/h5-6H,3-4,7-8H2,1-2H3,(H,13,15)(H,14,16). The Bertz CT molecular complexity index is 380. The number of carbonyl (C=O) groups excluding carboxylic acids is 2. The van der Waals surface area contributed by atoms with Gasteiger partial charge in [0, 0.05) is 0 Å². The van der Waals surface area contributed by atoms with Crippen LogP contribution in [0.15, 0.2) is 16.5 Å². The highest BCUT2D eigenvalue weighted by Crippen LogP contribution is 2.07. The highest BCUT2D eigenvalue weighted by molar-refractivity contribution is 5.67. The van der Waals surface area contributed by atoms with Crippen LogP contribution < -0.4 is 10.6 Å². The molecule has 0 saturated heterocycles. The molecule has 1 heterocycles. The Morgan fingerprint density at radius 1 is 1.00 bits per heavy atom. The molecule has 0 aliphatic heterocycles. The number of furan rings is 1. The van der Waals surface area contributed by atoms with Gasteiger partial charge in [-0.1, -0.05) is 0 Å². The molecule has 0 bridgehead atoms. The molecule has 0 radical (unpaired) electrons. The number of nitrogens with one attached hydrogen (secondary N) is 2. The van der Waals surface area contributed by atoms with Gasteiger partial charge in [-0.05, 0) is 26.0 Å². The van der Waals surface area contributed by atoms with Crippen molar-refractivity contribution in [2.24, 2.45) is 0 Å². The molecule has 0 aromatic carbocycles. The average Bonchev–Trinajstić information content (AvgIpc) is 2.83. The maximum atomic E-state index is 11.1. The quantitative estimate of drug-likeness (QED) is 0.822. The van der Waals surface area contributed by atoms with E-state index in [1.807, 2.05) is 0 Å². The predicted octanol–water partition coefficient (Wildman–Crippen LogP) is 1.77. The van der Waals surface area contributed by atoms with Gasteiger partial charge in [-0.3, -0.25) is 0 Å². The molecule has 0 aliphatic carbocycles. The van der Waals surface area contributed by atoms with Crippen molar-refractivity contribution < 1.29 is 23.5 Å². The van der Waals surface area contributed by atoms with E-state index in [1.165, 1.54) is 0 Å². The topological polar surface area (TPSA) is 89.8 Å². The Balaban J connectivity index is 2.32. The van der Waals surface area contributed by atoms with E-state index in [1.54, 1.807) is 26.0 Å². The molecule has 7 heteroatoms. The van der Waals surface area contributed by atoms with Gasteiger partial charge in [-0.15, -0.1) is 0 Å². The Morgan fingerprint density at radius 3 is 1.79 bits per heavy atom. The number of carbonyl (C=O) groups is 2. The van der Waals surface area contributed by atoms with Gasteiger partial charge < -0.3 is 24.5 Å². The zero-order valence-corrected chi connectivity index (χ0v) is 11.0. The zero-order valence-electron chi connectivity index (χ0n) is 11.0. The highest BCUT2D eigenvalue weighted by atomic mass is 16.6. The lowest BCUT2D eigenvalue weighted by Gasteiger charge is -2.03. The molecule has 2 N–H and O–H groups in total. The number of rotatable bonds is 6. The molecule has 0 spiro atoms. The van der Waals surface area contributed by atoms with E-state index < -0.39 is 12.2 Å². The van der Waals surface area contributed by atoms with Crippen molar-refractivity contribution in [3.05, 3.63) is 23.7 Å². The van der Waals surface area contributed by atoms with Crippen LogP contribution in [-0.4, -0.2) is 25.4 Å². The molecule has 19 heavy (non-hydrogen) atoms. The Hall–Kier alpha value is -2.18. The molecule has 7 nitrogen and oxygen atoms in total. The Kier molecular flexibility index (Phi) is 6.28. The molecule has 0 saturated carbocycles. The average molecular weight is 270 g/mol. The first-order valence-corrected chi connectivity index (χ1v) is 6.04. The second kappa shape index (κ2) is 8.02. The first kappa shape index (κ1) is 14.9. The number of ether oxygens (including phenoxy) is 2. The molecule has 0 atom stereocenters. The van der Waals surface area contributed by atoms with Gasteiger partial charge in [0.1, 0.15) is 11.5 Å². The minimum Gasteiger partial charge on any atom is -0.462 e. The van der Waals surface area contributed by atoms with Crippen molar-refractivity contribution in [3.8, 4) is 0 Å². The molecule has 1 aromatic heterocycles. The normalized spacial score (nSPS) is 9.79. The van der Waals surface area contributed by atoms with Gasteiger partial charge >= 0.3 is 12.2 Å². The van der Waals surface area contributed by atoms with Crippen LogP contribution in [0.25, 0.3) is 0 Å². The lowest BCUT2D eigenvalue weighted by molar-refractivity contribution is 0.150. The summed E-state index contributed by atoms with van der Waals surface area (Å²) in [6, 6.07) is 3.43. The zero-order chi connectivity index (χ0) is 14.1. The van der Waals surface area contributed by atoms with E-state index in [-0.39, 0.29) is 13.1 Å². The smallest absolute Gasteiger partial charge is 0.407 e. The molecule has 0 fully saturated rings. The van der Waals surface area contributed by atoms with Crippen molar-refractivity contribution in [2.45, 2.75) is 26.9 Å². The van der Waals surface area contributed by atoms with Crippen LogP contribution >= 0.6 is 0 Å². The number of hydrogen-bond donors (Lipinski definition) is 2. The summed E-state index contributed by atoms with van der Waals surface area (Å²) in [7, 11) is 0. The van der Waals surface area contributed by atoms with E-state index in [9.17, 15) is 9.59 Å². The van der Waals surface area contributed by atoms with E-state index in [0.717, 1.165) is 0 Å². The largest absolute Gasteiger partial charge is 0.462 e. The molecule has 1 rings (SSSR count). The third-order valence-electron chi connectivity index (χ3n) is 2.08. The first-order chi connectivity index (χ1) is 9.15. The van der Waals surface area contributed by atoms with Crippen LogP contribution in [0, 0.1) is 0 Å². The number of amides is 2. The van der Waals surface area contributed by atoms with Crippen LogP contribution in [0.2, 0.25) is 0 Å². The second-order valence-corrected chi connectivity index (χ2v) is 3.52. The molecule has 2 amide bonds. The molecule has 1 aromatic rings. The second-order valence-electron chi connectivity index (χ2n) is 3.52. The van der Waals surface area contributed by atoms with Crippen LogP contribution in [0.4, 0.5) is 9.59 Å². The van der Waals surface area contributed by atoms with Crippen LogP contribution in [0.3, 0.4) is 0 Å². The highest BCUT2D eigenvalue weighted by Gasteiger charge is 2.06. The van der Waals surface area contributed by atoms with Crippen molar-refractivity contribution in [1.82, 2.24) is 10.6 Å². The fraction of sp³-hybridized carbons (Fsp3) is 0.500. The summed E-state index contributed by atoms with van der Waals surface area (Å²) >= 11 is 0. The maximum absolute atomic E-state index is 11.1. The van der Waals surface area contributed by atoms with Gasteiger partial charge in [-0.25, -0.2) is 9.59 Å². The summed E-state index contributed by atoms with van der Waals surface area (Å²) in [6.45, 7) is 4.56. The van der Waals surface area contributed by atoms with E-state index in [2.05, 4.69) is 10.6 Å². The van der Waals surface area contributed by atoms with Gasteiger partial charge in [0.25, 0.3) is 0 Å². The third-order valence-corrected chi connectivity index (χ3v) is 2.08. The van der Waals surface area contributed by atoms with E-state index >= 15 is 0 Å². The third kappa shape index (κ3) is 5.80.